The summed E-state index contributed by atoms with van der Waals surface area (Å²) >= 11 is 6.01. The van der Waals surface area contributed by atoms with Crippen molar-refractivity contribution in [1.82, 2.24) is 20.1 Å². The minimum absolute atomic E-state index is 0.292. The minimum atomic E-state index is -0.292. The van der Waals surface area contributed by atoms with Crippen LogP contribution in [-0.4, -0.2) is 27.8 Å². The molecule has 24 heavy (non-hydrogen) atoms. The smallest absolute Gasteiger partial charge is 0.255 e. The fourth-order valence-corrected chi connectivity index (χ4v) is 3.01. The van der Waals surface area contributed by atoms with E-state index in [0.717, 1.165) is 37.5 Å². The van der Waals surface area contributed by atoms with Crippen LogP contribution in [0.3, 0.4) is 0 Å². The molecule has 1 aliphatic rings. The summed E-state index contributed by atoms with van der Waals surface area (Å²) in [7, 11) is 1.48. The van der Waals surface area contributed by atoms with Crippen molar-refractivity contribution in [3.63, 3.8) is 0 Å². The highest BCUT2D eigenvalue weighted by molar-refractivity contribution is 6.33. The maximum atomic E-state index is 12.5. The Morgan fingerprint density at radius 2 is 2.21 bits per heavy atom. The number of nitrogen functional groups attached to an aromatic ring is 1. The zero-order valence-electron chi connectivity index (χ0n) is 13.5. The Bertz CT molecular complexity index is 759. The number of aryl methyl sites for hydroxylation is 1. The zero-order valence-corrected chi connectivity index (χ0v) is 14.3. The van der Waals surface area contributed by atoms with Crippen LogP contribution in [0.2, 0.25) is 5.02 Å². The molecule has 0 aliphatic carbocycles. The van der Waals surface area contributed by atoms with E-state index in [1.807, 2.05) is 0 Å². The normalized spacial score (nSPS) is 13.9. The second-order valence-electron chi connectivity index (χ2n) is 5.75. The molecule has 0 radical (unpaired) electrons. The third-order valence-corrected chi connectivity index (χ3v) is 4.48. The van der Waals surface area contributed by atoms with Crippen molar-refractivity contribution in [3.05, 3.63) is 34.4 Å². The van der Waals surface area contributed by atoms with Crippen LogP contribution < -0.4 is 15.8 Å². The molecule has 0 saturated carbocycles. The molecule has 1 aromatic heterocycles. The fourth-order valence-electron chi connectivity index (χ4n) is 2.85. The summed E-state index contributed by atoms with van der Waals surface area (Å²) < 4.78 is 7.31. The number of nitrogens with two attached hydrogens (primary N) is 1. The van der Waals surface area contributed by atoms with Gasteiger partial charge in [0.05, 0.1) is 29.9 Å². The van der Waals surface area contributed by atoms with Crippen LogP contribution in [0.25, 0.3) is 0 Å². The highest BCUT2D eigenvalue weighted by Crippen LogP contribution is 2.28. The number of carbonyl (C=O) groups excluding carboxylic acids is 1. The first-order chi connectivity index (χ1) is 11.6. The molecular formula is C16H20ClN5O2. The SMILES string of the molecule is COc1cc(N)c(Cl)cc1C(=O)NCc1nnc2n1CCCCC2. The quantitative estimate of drug-likeness (QED) is 0.825. The summed E-state index contributed by atoms with van der Waals surface area (Å²) in [5, 5.41) is 11.6. The number of carbonyl (C=O) groups is 1. The number of benzene rings is 1. The zero-order chi connectivity index (χ0) is 17.1. The van der Waals surface area contributed by atoms with Gasteiger partial charge in [-0.25, -0.2) is 0 Å². The number of rotatable bonds is 4. The van der Waals surface area contributed by atoms with Crippen molar-refractivity contribution in [2.75, 3.05) is 12.8 Å². The van der Waals surface area contributed by atoms with Gasteiger partial charge in [0.1, 0.15) is 11.6 Å². The Kier molecular flexibility index (Phi) is 4.89. The third-order valence-electron chi connectivity index (χ3n) is 4.16. The number of methoxy groups -OCH3 is 1. The summed E-state index contributed by atoms with van der Waals surface area (Å²) in [6, 6.07) is 3.05. The van der Waals surface area contributed by atoms with E-state index >= 15 is 0 Å². The van der Waals surface area contributed by atoms with Gasteiger partial charge in [0.25, 0.3) is 5.91 Å². The largest absolute Gasteiger partial charge is 0.496 e. The lowest BCUT2D eigenvalue weighted by molar-refractivity contribution is 0.0946. The Morgan fingerprint density at radius 1 is 1.38 bits per heavy atom. The van der Waals surface area contributed by atoms with Gasteiger partial charge in [0.2, 0.25) is 0 Å². The molecule has 0 saturated heterocycles. The van der Waals surface area contributed by atoms with E-state index in [1.165, 1.54) is 19.6 Å². The average molecular weight is 350 g/mol. The second kappa shape index (κ2) is 7.09. The molecule has 3 rings (SSSR count). The summed E-state index contributed by atoms with van der Waals surface area (Å²) in [5.41, 5.74) is 6.45. The number of fused-ring (bicyclic) bond motifs is 1. The molecule has 2 aromatic rings. The van der Waals surface area contributed by atoms with E-state index in [1.54, 1.807) is 6.07 Å². The minimum Gasteiger partial charge on any atom is -0.496 e. The molecule has 8 heteroatoms. The Hall–Kier alpha value is -2.28. The highest BCUT2D eigenvalue weighted by Gasteiger charge is 2.18. The summed E-state index contributed by atoms with van der Waals surface area (Å²) in [6.45, 7) is 1.20. The number of nitrogens with one attached hydrogen (secondary N) is 1. The number of hydrogen-bond donors (Lipinski definition) is 2. The average Bonchev–Trinajstić information content (AvgIpc) is 2.81. The first kappa shape index (κ1) is 16.6. The molecule has 0 unspecified atom stereocenters. The second-order valence-corrected chi connectivity index (χ2v) is 6.16. The first-order valence-corrected chi connectivity index (χ1v) is 8.30. The molecule has 0 fully saturated rings. The van der Waals surface area contributed by atoms with Crippen molar-refractivity contribution in [2.24, 2.45) is 0 Å². The van der Waals surface area contributed by atoms with E-state index < -0.39 is 0 Å². The first-order valence-electron chi connectivity index (χ1n) is 7.92. The maximum absolute atomic E-state index is 12.5. The molecule has 3 N–H and O–H groups in total. The van der Waals surface area contributed by atoms with Crippen LogP contribution in [0.4, 0.5) is 5.69 Å². The van der Waals surface area contributed by atoms with E-state index in [4.69, 9.17) is 22.1 Å². The lowest BCUT2D eigenvalue weighted by atomic mass is 10.1. The standard InChI is InChI=1S/C16H20ClN5O2/c1-24-13-8-12(18)11(17)7-10(13)16(23)19-9-15-21-20-14-5-3-2-4-6-22(14)15/h7-8H,2-6,9,18H2,1H3,(H,19,23). The summed E-state index contributed by atoms with van der Waals surface area (Å²) in [5.74, 6) is 1.85. The van der Waals surface area contributed by atoms with Gasteiger partial charge in [-0.15, -0.1) is 10.2 Å². The Morgan fingerprint density at radius 3 is 3.00 bits per heavy atom. The number of ether oxygens (including phenoxy) is 1. The van der Waals surface area contributed by atoms with Crippen LogP contribution >= 0.6 is 11.6 Å². The number of amides is 1. The van der Waals surface area contributed by atoms with E-state index in [-0.39, 0.29) is 5.91 Å². The molecular weight excluding hydrogens is 330 g/mol. The summed E-state index contributed by atoms with van der Waals surface area (Å²) in [4.78, 5) is 12.5. The highest BCUT2D eigenvalue weighted by atomic mass is 35.5. The molecule has 1 amide bonds. The fraction of sp³-hybridized carbons (Fsp3) is 0.438. The summed E-state index contributed by atoms with van der Waals surface area (Å²) in [6.07, 6.45) is 4.36. The van der Waals surface area contributed by atoms with Gasteiger partial charge in [0, 0.05) is 19.0 Å². The number of hydrogen-bond acceptors (Lipinski definition) is 5. The lowest BCUT2D eigenvalue weighted by Gasteiger charge is -2.12. The van der Waals surface area contributed by atoms with Gasteiger partial charge >= 0.3 is 0 Å². The van der Waals surface area contributed by atoms with Crippen molar-refractivity contribution >= 4 is 23.2 Å². The van der Waals surface area contributed by atoms with E-state index in [0.29, 0.717) is 28.6 Å². The van der Waals surface area contributed by atoms with Crippen LogP contribution in [0.15, 0.2) is 12.1 Å². The van der Waals surface area contributed by atoms with Gasteiger partial charge in [-0.1, -0.05) is 18.0 Å². The molecule has 0 bridgehead atoms. The van der Waals surface area contributed by atoms with Crippen LogP contribution in [0.1, 0.15) is 41.3 Å². The predicted octanol–water partition coefficient (Wildman–Crippen LogP) is 2.18. The Labute approximate surface area is 145 Å². The number of halogens is 1. The van der Waals surface area contributed by atoms with Gasteiger partial charge in [0.15, 0.2) is 5.82 Å². The topological polar surface area (TPSA) is 95.1 Å². The van der Waals surface area contributed by atoms with Gasteiger partial charge < -0.3 is 20.4 Å². The number of nitrogens with zero attached hydrogens (tertiary/aromatic N) is 3. The van der Waals surface area contributed by atoms with E-state index in [2.05, 4.69) is 20.1 Å². The molecule has 1 aliphatic heterocycles. The number of anilines is 1. The number of aromatic nitrogens is 3. The van der Waals surface area contributed by atoms with Crippen molar-refractivity contribution < 1.29 is 9.53 Å². The van der Waals surface area contributed by atoms with Crippen molar-refractivity contribution in [2.45, 2.75) is 38.8 Å². The Balaban J connectivity index is 1.75. The van der Waals surface area contributed by atoms with Crippen molar-refractivity contribution in [3.8, 4) is 5.75 Å². The van der Waals surface area contributed by atoms with Gasteiger partial charge in [-0.2, -0.15) is 0 Å². The molecule has 0 spiro atoms. The lowest BCUT2D eigenvalue weighted by Crippen LogP contribution is -2.25. The molecule has 2 heterocycles. The predicted molar refractivity (Wildman–Crippen MR) is 91.2 cm³/mol. The van der Waals surface area contributed by atoms with Crippen LogP contribution in [0, 0.1) is 0 Å². The maximum Gasteiger partial charge on any atom is 0.255 e. The van der Waals surface area contributed by atoms with Gasteiger partial charge in [-0.3, -0.25) is 4.79 Å². The van der Waals surface area contributed by atoms with Crippen molar-refractivity contribution in [1.29, 1.82) is 0 Å². The molecule has 128 valence electrons. The third kappa shape index (κ3) is 3.31. The molecule has 7 nitrogen and oxygen atoms in total. The van der Waals surface area contributed by atoms with E-state index in [9.17, 15) is 4.79 Å². The molecule has 1 aromatic carbocycles. The monoisotopic (exact) mass is 349 g/mol. The van der Waals surface area contributed by atoms with Crippen LogP contribution in [0.5, 0.6) is 5.75 Å². The van der Waals surface area contributed by atoms with Crippen LogP contribution in [-0.2, 0) is 19.5 Å². The molecule has 0 atom stereocenters. The van der Waals surface area contributed by atoms with Gasteiger partial charge in [-0.05, 0) is 18.9 Å².